The summed E-state index contributed by atoms with van der Waals surface area (Å²) < 4.78 is 46.1. The number of pyridine rings is 1. The standard InChI is InChI=1S/C16H14ClF3N2O3/c1-2-24-13-5-4-11(17)7-12(13)22-15(23)10-3-6-14(21-8-10)25-9-16(18,19)20/h3-8H,2,9H2,1H3,(H,22,23). The third-order valence-electron chi connectivity index (χ3n) is 2.87. The van der Waals surface area contributed by atoms with Crippen molar-refractivity contribution in [2.24, 2.45) is 0 Å². The van der Waals surface area contributed by atoms with Crippen molar-refractivity contribution in [1.82, 2.24) is 4.98 Å². The van der Waals surface area contributed by atoms with Crippen molar-refractivity contribution in [3.05, 3.63) is 47.1 Å². The second-order valence-corrected chi connectivity index (χ2v) is 5.25. The van der Waals surface area contributed by atoms with Crippen molar-refractivity contribution >= 4 is 23.2 Å². The first kappa shape index (κ1) is 18.9. The lowest BCUT2D eigenvalue weighted by atomic mass is 10.2. The summed E-state index contributed by atoms with van der Waals surface area (Å²) in [6.07, 6.45) is -3.34. The minimum absolute atomic E-state index is 0.141. The van der Waals surface area contributed by atoms with Gasteiger partial charge in [0.15, 0.2) is 6.61 Å². The average molecular weight is 375 g/mol. The third-order valence-corrected chi connectivity index (χ3v) is 3.11. The summed E-state index contributed by atoms with van der Waals surface area (Å²) in [4.78, 5) is 15.9. The summed E-state index contributed by atoms with van der Waals surface area (Å²) >= 11 is 5.91. The van der Waals surface area contributed by atoms with Gasteiger partial charge in [-0.25, -0.2) is 4.98 Å². The molecule has 134 valence electrons. The van der Waals surface area contributed by atoms with E-state index in [1.807, 2.05) is 0 Å². The lowest BCUT2D eigenvalue weighted by molar-refractivity contribution is -0.154. The van der Waals surface area contributed by atoms with E-state index < -0.39 is 18.7 Å². The van der Waals surface area contributed by atoms with Crippen LogP contribution < -0.4 is 14.8 Å². The Morgan fingerprint density at radius 2 is 2.00 bits per heavy atom. The van der Waals surface area contributed by atoms with Gasteiger partial charge in [0.05, 0.1) is 17.9 Å². The molecule has 1 N–H and O–H groups in total. The zero-order valence-corrected chi connectivity index (χ0v) is 13.8. The summed E-state index contributed by atoms with van der Waals surface area (Å²) in [6, 6.07) is 7.25. The molecular formula is C16H14ClF3N2O3. The average Bonchev–Trinajstić information content (AvgIpc) is 2.55. The van der Waals surface area contributed by atoms with Crippen LogP contribution in [0.15, 0.2) is 36.5 Å². The van der Waals surface area contributed by atoms with Gasteiger partial charge in [0.1, 0.15) is 5.75 Å². The van der Waals surface area contributed by atoms with Gasteiger partial charge in [0, 0.05) is 17.3 Å². The minimum Gasteiger partial charge on any atom is -0.492 e. The molecule has 1 amide bonds. The fourth-order valence-electron chi connectivity index (χ4n) is 1.83. The fraction of sp³-hybridized carbons (Fsp3) is 0.250. The Labute approximate surface area is 146 Å². The van der Waals surface area contributed by atoms with Gasteiger partial charge in [-0.1, -0.05) is 11.6 Å². The first-order chi connectivity index (χ1) is 11.8. The Morgan fingerprint density at radius 3 is 2.60 bits per heavy atom. The van der Waals surface area contributed by atoms with Crippen molar-refractivity contribution in [3.63, 3.8) is 0 Å². The predicted octanol–water partition coefficient (Wildman–Crippen LogP) is 4.33. The summed E-state index contributed by atoms with van der Waals surface area (Å²) in [7, 11) is 0. The monoisotopic (exact) mass is 374 g/mol. The molecule has 2 rings (SSSR count). The molecular weight excluding hydrogens is 361 g/mol. The lowest BCUT2D eigenvalue weighted by Crippen LogP contribution is -2.19. The first-order valence-corrected chi connectivity index (χ1v) is 7.55. The van der Waals surface area contributed by atoms with Crippen LogP contribution in [0.3, 0.4) is 0 Å². The number of hydrogen-bond acceptors (Lipinski definition) is 4. The number of halogens is 4. The van der Waals surface area contributed by atoms with Gasteiger partial charge in [-0.05, 0) is 31.2 Å². The van der Waals surface area contributed by atoms with Gasteiger partial charge in [-0.15, -0.1) is 0 Å². The van der Waals surface area contributed by atoms with Crippen LogP contribution in [0.1, 0.15) is 17.3 Å². The van der Waals surface area contributed by atoms with Crippen LogP contribution in [0.4, 0.5) is 18.9 Å². The molecule has 2 aromatic rings. The predicted molar refractivity (Wildman–Crippen MR) is 86.4 cm³/mol. The van der Waals surface area contributed by atoms with Gasteiger partial charge < -0.3 is 14.8 Å². The molecule has 1 aromatic carbocycles. The molecule has 0 aliphatic heterocycles. The van der Waals surface area contributed by atoms with Crippen molar-refractivity contribution in [2.75, 3.05) is 18.5 Å². The molecule has 0 saturated heterocycles. The highest BCUT2D eigenvalue weighted by molar-refractivity contribution is 6.31. The topological polar surface area (TPSA) is 60.5 Å². The van der Waals surface area contributed by atoms with Crippen LogP contribution in [0, 0.1) is 0 Å². The molecule has 0 aliphatic carbocycles. The van der Waals surface area contributed by atoms with E-state index in [-0.39, 0.29) is 11.4 Å². The van der Waals surface area contributed by atoms with Gasteiger partial charge in [0.2, 0.25) is 5.88 Å². The summed E-state index contributed by atoms with van der Waals surface area (Å²) in [5.74, 6) is -0.303. The van der Waals surface area contributed by atoms with Crippen LogP contribution in [0.25, 0.3) is 0 Å². The molecule has 0 radical (unpaired) electrons. The van der Waals surface area contributed by atoms with Crippen molar-refractivity contribution in [1.29, 1.82) is 0 Å². The molecule has 9 heteroatoms. The molecule has 25 heavy (non-hydrogen) atoms. The van der Waals surface area contributed by atoms with E-state index >= 15 is 0 Å². The van der Waals surface area contributed by atoms with Crippen LogP contribution in [0.5, 0.6) is 11.6 Å². The van der Waals surface area contributed by atoms with Gasteiger partial charge >= 0.3 is 6.18 Å². The number of carbonyl (C=O) groups excluding carboxylic acids is 1. The number of nitrogens with zero attached hydrogens (tertiary/aromatic N) is 1. The number of anilines is 1. The zero-order chi connectivity index (χ0) is 18.4. The maximum Gasteiger partial charge on any atom is 0.422 e. The summed E-state index contributed by atoms with van der Waals surface area (Å²) in [5, 5.41) is 3.03. The van der Waals surface area contributed by atoms with E-state index in [1.165, 1.54) is 18.2 Å². The zero-order valence-electron chi connectivity index (χ0n) is 13.1. The number of nitrogens with one attached hydrogen (secondary N) is 1. The highest BCUT2D eigenvalue weighted by Gasteiger charge is 2.28. The van der Waals surface area contributed by atoms with E-state index in [0.717, 1.165) is 6.20 Å². The number of amides is 1. The minimum atomic E-state index is -4.46. The highest BCUT2D eigenvalue weighted by Crippen LogP contribution is 2.28. The molecule has 0 atom stereocenters. The van der Waals surface area contributed by atoms with E-state index in [1.54, 1.807) is 19.1 Å². The normalized spacial score (nSPS) is 11.1. The number of rotatable bonds is 6. The van der Waals surface area contributed by atoms with Crippen LogP contribution in [0.2, 0.25) is 5.02 Å². The second-order valence-electron chi connectivity index (χ2n) is 4.82. The molecule has 0 aliphatic rings. The maximum absolute atomic E-state index is 12.2. The fourth-order valence-corrected chi connectivity index (χ4v) is 2.00. The van der Waals surface area contributed by atoms with Crippen LogP contribution >= 0.6 is 11.6 Å². The summed E-state index contributed by atoms with van der Waals surface area (Å²) in [6.45, 7) is 0.743. The number of carbonyl (C=O) groups is 1. The molecule has 0 saturated carbocycles. The number of alkyl halides is 3. The molecule has 0 unspecified atom stereocenters. The third kappa shape index (κ3) is 5.82. The number of hydrogen-bond donors (Lipinski definition) is 1. The Hall–Kier alpha value is -2.48. The lowest BCUT2D eigenvalue weighted by Gasteiger charge is -2.12. The van der Waals surface area contributed by atoms with Crippen LogP contribution in [-0.2, 0) is 0 Å². The largest absolute Gasteiger partial charge is 0.492 e. The highest BCUT2D eigenvalue weighted by atomic mass is 35.5. The molecule has 0 spiro atoms. The molecule has 0 fully saturated rings. The van der Waals surface area contributed by atoms with Crippen LogP contribution in [-0.4, -0.2) is 30.3 Å². The van der Waals surface area contributed by atoms with E-state index in [2.05, 4.69) is 15.0 Å². The summed E-state index contributed by atoms with van der Waals surface area (Å²) in [5.41, 5.74) is 0.513. The Bertz CT molecular complexity index is 736. The number of benzene rings is 1. The van der Waals surface area contributed by atoms with E-state index in [4.69, 9.17) is 16.3 Å². The molecule has 5 nitrogen and oxygen atoms in total. The van der Waals surface area contributed by atoms with E-state index in [9.17, 15) is 18.0 Å². The van der Waals surface area contributed by atoms with Crippen molar-refractivity contribution in [3.8, 4) is 11.6 Å². The van der Waals surface area contributed by atoms with Crippen molar-refractivity contribution in [2.45, 2.75) is 13.1 Å². The molecule has 0 bridgehead atoms. The molecule has 1 aromatic heterocycles. The smallest absolute Gasteiger partial charge is 0.422 e. The first-order valence-electron chi connectivity index (χ1n) is 7.18. The van der Waals surface area contributed by atoms with Crippen molar-refractivity contribution < 1.29 is 27.4 Å². The van der Waals surface area contributed by atoms with E-state index in [0.29, 0.717) is 23.1 Å². The number of ether oxygens (including phenoxy) is 2. The second kappa shape index (κ2) is 8.06. The van der Waals surface area contributed by atoms with Gasteiger partial charge in [-0.3, -0.25) is 4.79 Å². The van der Waals surface area contributed by atoms with Gasteiger partial charge in [0.25, 0.3) is 5.91 Å². The Balaban J connectivity index is 2.07. The maximum atomic E-state index is 12.2. The van der Waals surface area contributed by atoms with Gasteiger partial charge in [-0.2, -0.15) is 13.2 Å². The molecule has 1 heterocycles. The quantitative estimate of drug-likeness (QED) is 0.817. The Morgan fingerprint density at radius 1 is 1.24 bits per heavy atom. The SMILES string of the molecule is CCOc1ccc(Cl)cc1NC(=O)c1ccc(OCC(F)(F)F)nc1. The Kier molecular flexibility index (Phi) is 6.08. The number of aromatic nitrogens is 1.